The Morgan fingerprint density at radius 1 is 0.218 bits per heavy atom. The lowest BCUT2D eigenvalue weighted by atomic mass is 9.76. The standard InChI is InChI=1S/C54H71N/c1-24-47-35(12)45(22)53(46(23)36(47)13)55(52-43(20)32(9)27(4)33(10)44(52)21)54-50(48-37(14)28(5)25(2)29(6)38(48)15)41(18)34(11)42(19)51(54)49-39(16)30(7)26(3)31(8)40(49)17/h24H2,1-23H3. The van der Waals surface area contributed by atoms with E-state index in [0.29, 0.717) is 0 Å². The van der Waals surface area contributed by atoms with E-state index in [4.69, 9.17) is 0 Å². The molecule has 0 spiro atoms. The van der Waals surface area contributed by atoms with E-state index in [1.54, 1.807) is 0 Å². The second-order valence-electron chi connectivity index (χ2n) is 17.5. The van der Waals surface area contributed by atoms with Crippen LogP contribution in [0, 0.1) is 152 Å². The smallest absolute Gasteiger partial charge is 0.0624 e. The Bertz CT molecular complexity index is 2250. The van der Waals surface area contributed by atoms with Gasteiger partial charge in [-0.3, -0.25) is 0 Å². The van der Waals surface area contributed by atoms with Crippen LogP contribution in [0.5, 0.6) is 0 Å². The van der Waals surface area contributed by atoms with E-state index >= 15 is 0 Å². The minimum atomic E-state index is 1.03. The van der Waals surface area contributed by atoms with Gasteiger partial charge in [-0.15, -0.1) is 0 Å². The van der Waals surface area contributed by atoms with Crippen LogP contribution in [0.15, 0.2) is 0 Å². The van der Waals surface area contributed by atoms with Crippen molar-refractivity contribution in [3.05, 3.63) is 128 Å². The van der Waals surface area contributed by atoms with Gasteiger partial charge in [-0.05, 0) is 298 Å². The Morgan fingerprint density at radius 3 is 0.691 bits per heavy atom. The van der Waals surface area contributed by atoms with Crippen LogP contribution in [0.2, 0.25) is 0 Å². The molecule has 0 aliphatic rings. The van der Waals surface area contributed by atoms with Gasteiger partial charge in [-0.2, -0.15) is 0 Å². The lowest BCUT2D eigenvalue weighted by Gasteiger charge is -2.40. The third-order valence-electron chi connectivity index (χ3n) is 15.6. The predicted molar refractivity (Wildman–Crippen MR) is 246 cm³/mol. The van der Waals surface area contributed by atoms with Gasteiger partial charge in [0.1, 0.15) is 0 Å². The number of hydrogen-bond acceptors (Lipinski definition) is 1. The molecule has 5 aromatic carbocycles. The molecule has 0 fully saturated rings. The zero-order valence-electron chi connectivity index (χ0n) is 39.2. The summed E-state index contributed by atoms with van der Waals surface area (Å²) in [5, 5.41) is 0. The molecule has 0 unspecified atom stereocenters. The van der Waals surface area contributed by atoms with Crippen LogP contribution >= 0.6 is 0 Å². The fourth-order valence-corrected chi connectivity index (χ4v) is 10.1. The highest BCUT2D eigenvalue weighted by atomic mass is 15.2. The van der Waals surface area contributed by atoms with Crippen LogP contribution in [0.25, 0.3) is 22.3 Å². The molecule has 0 atom stereocenters. The first-order valence-corrected chi connectivity index (χ1v) is 20.7. The van der Waals surface area contributed by atoms with E-state index in [-0.39, 0.29) is 0 Å². The van der Waals surface area contributed by atoms with Gasteiger partial charge in [0, 0.05) is 11.1 Å². The van der Waals surface area contributed by atoms with Gasteiger partial charge in [-0.25, -0.2) is 0 Å². The van der Waals surface area contributed by atoms with Crippen LogP contribution in [-0.2, 0) is 6.42 Å². The minimum Gasteiger partial charge on any atom is -0.308 e. The van der Waals surface area contributed by atoms with E-state index < -0.39 is 0 Å². The molecule has 0 saturated heterocycles. The maximum atomic E-state index is 2.80. The van der Waals surface area contributed by atoms with Crippen LogP contribution in [0.4, 0.5) is 17.1 Å². The van der Waals surface area contributed by atoms with E-state index in [1.165, 1.54) is 167 Å². The number of rotatable bonds is 6. The fraction of sp³-hybridized carbons (Fsp3) is 0.444. The van der Waals surface area contributed by atoms with Crippen molar-refractivity contribution in [1.82, 2.24) is 0 Å². The molecule has 1 nitrogen and oxygen atoms in total. The highest BCUT2D eigenvalue weighted by molar-refractivity contribution is 6.05. The van der Waals surface area contributed by atoms with Gasteiger partial charge in [0.2, 0.25) is 0 Å². The summed E-state index contributed by atoms with van der Waals surface area (Å²) in [4.78, 5) is 2.80. The molecule has 0 heterocycles. The normalized spacial score (nSPS) is 11.6. The van der Waals surface area contributed by atoms with Crippen LogP contribution in [0.3, 0.4) is 0 Å². The first kappa shape index (κ1) is 42.1. The van der Waals surface area contributed by atoms with Crippen LogP contribution < -0.4 is 4.90 Å². The zero-order valence-corrected chi connectivity index (χ0v) is 39.2. The number of hydrogen-bond donors (Lipinski definition) is 0. The van der Waals surface area contributed by atoms with Crippen molar-refractivity contribution < 1.29 is 0 Å². The average molecular weight is 734 g/mol. The third kappa shape index (κ3) is 6.02. The quantitative estimate of drug-likeness (QED) is 0.168. The fourth-order valence-electron chi connectivity index (χ4n) is 10.1. The highest BCUT2D eigenvalue weighted by Gasteiger charge is 2.34. The second kappa shape index (κ2) is 14.8. The van der Waals surface area contributed by atoms with E-state index in [9.17, 15) is 0 Å². The molecule has 0 saturated carbocycles. The van der Waals surface area contributed by atoms with Crippen molar-refractivity contribution in [3.8, 4) is 22.3 Å². The largest absolute Gasteiger partial charge is 0.308 e. The molecular weight excluding hydrogens is 663 g/mol. The minimum absolute atomic E-state index is 1.03. The first-order chi connectivity index (χ1) is 25.5. The maximum Gasteiger partial charge on any atom is 0.0624 e. The van der Waals surface area contributed by atoms with Crippen molar-refractivity contribution in [1.29, 1.82) is 0 Å². The SMILES string of the molecule is CCc1c(C)c(C)c(N(c2c(C)c(C)c(C)c(C)c2C)c2c(-c3c(C)c(C)c(C)c(C)c3C)c(C)c(C)c(C)c2-c2c(C)c(C)c(C)c(C)c2C)c(C)c1C. The van der Waals surface area contributed by atoms with E-state index in [1.807, 2.05) is 0 Å². The molecule has 55 heavy (non-hydrogen) atoms. The molecule has 292 valence electrons. The summed E-state index contributed by atoms with van der Waals surface area (Å²) in [5.74, 6) is 0. The molecule has 1 heteroatoms. The number of anilines is 3. The lowest BCUT2D eigenvalue weighted by molar-refractivity contribution is 1.03. The third-order valence-corrected chi connectivity index (χ3v) is 15.6. The van der Waals surface area contributed by atoms with Crippen LogP contribution in [0.1, 0.15) is 135 Å². The molecular formula is C54H71N. The Morgan fingerprint density at radius 2 is 0.418 bits per heavy atom. The van der Waals surface area contributed by atoms with Gasteiger partial charge in [-0.1, -0.05) is 6.92 Å². The van der Waals surface area contributed by atoms with E-state index in [2.05, 4.69) is 164 Å². The van der Waals surface area contributed by atoms with Crippen molar-refractivity contribution in [2.75, 3.05) is 4.90 Å². The second-order valence-corrected chi connectivity index (χ2v) is 17.5. The van der Waals surface area contributed by atoms with Gasteiger partial charge in [0.05, 0.1) is 17.1 Å². The summed E-state index contributed by atoms with van der Waals surface area (Å²) in [5.41, 5.74) is 41.5. The van der Waals surface area contributed by atoms with Gasteiger partial charge in [0.25, 0.3) is 0 Å². The van der Waals surface area contributed by atoms with Gasteiger partial charge >= 0.3 is 0 Å². The Kier molecular flexibility index (Phi) is 11.3. The zero-order chi connectivity index (χ0) is 41.6. The van der Waals surface area contributed by atoms with Crippen molar-refractivity contribution in [2.45, 2.75) is 166 Å². The number of benzene rings is 5. The predicted octanol–water partition coefficient (Wildman–Crippen LogP) is 15.8. The molecule has 0 aliphatic carbocycles. The average Bonchev–Trinajstić information content (AvgIpc) is 3.15. The molecule has 0 aromatic heterocycles. The Labute approximate surface area is 336 Å². The van der Waals surface area contributed by atoms with Gasteiger partial charge < -0.3 is 4.90 Å². The summed E-state index contributed by atoms with van der Waals surface area (Å²) >= 11 is 0. The molecule has 0 bridgehead atoms. The monoisotopic (exact) mass is 734 g/mol. The molecule has 0 radical (unpaired) electrons. The summed E-state index contributed by atoms with van der Waals surface area (Å²) in [6, 6.07) is 0. The molecule has 0 amide bonds. The number of nitrogens with zero attached hydrogens (tertiary/aromatic N) is 1. The van der Waals surface area contributed by atoms with Crippen molar-refractivity contribution in [3.63, 3.8) is 0 Å². The molecule has 5 aromatic rings. The van der Waals surface area contributed by atoms with Crippen molar-refractivity contribution >= 4 is 17.1 Å². The molecule has 5 rings (SSSR count). The first-order valence-electron chi connectivity index (χ1n) is 20.7. The van der Waals surface area contributed by atoms with Crippen LogP contribution in [-0.4, -0.2) is 0 Å². The summed E-state index contributed by atoms with van der Waals surface area (Å²) < 4.78 is 0. The van der Waals surface area contributed by atoms with Crippen molar-refractivity contribution in [2.24, 2.45) is 0 Å². The molecule has 0 aliphatic heterocycles. The Balaban J connectivity index is 2.32. The molecule has 0 N–H and O–H groups in total. The summed E-state index contributed by atoms with van der Waals surface area (Å²) in [7, 11) is 0. The van der Waals surface area contributed by atoms with Gasteiger partial charge in [0.15, 0.2) is 0 Å². The highest BCUT2D eigenvalue weighted by Crippen LogP contribution is 2.57. The Hall–Kier alpha value is -4.10. The summed E-state index contributed by atoms with van der Waals surface area (Å²) in [6.45, 7) is 54.2. The van der Waals surface area contributed by atoms with E-state index in [0.717, 1.165) is 6.42 Å². The summed E-state index contributed by atoms with van der Waals surface area (Å²) in [6.07, 6.45) is 1.03. The lowest BCUT2D eigenvalue weighted by Crippen LogP contribution is -2.22. The topological polar surface area (TPSA) is 3.24 Å². The maximum absolute atomic E-state index is 2.80.